The lowest BCUT2D eigenvalue weighted by molar-refractivity contribution is -0.140. The summed E-state index contributed by atoms with van der Waals surface area (Å²) in [7, 11) is -1.58. The smallest absolute Gasteiger partial charge is 0.264 e. The minimum Gasteiger partial charge on any atom is -0.493 e. The van der Waals surface area contributed by atoms with Crippen molar-refractivity contribution >= 4 is 62.3 Å². The number of ether oxygens (including phenoxy) is 2. The molecule has 4 aromatic rings. The van der Waals surface area contributed by atoms with Crippen LogP contribution in [0, 0.1) is 5.92 Å². The summed E-state index contributed by atoms with van der Waals surface area (Å²) in [5.74, 6) is -0.429. The Morgan fingerprint density at radius 3 is 2.04 bits per heavy atom. The summed E-state index contributed by atoms with van der Waals surface area (Å²) in [5.41, 5.74) is 1.38. The van der Waals surface area contributed by atoms with Crippen LogP contribution in [-0.4, -0.2) is 58.5 Å². The minimum atomic E-state index is -4.41. The van der Waals surface area contributed by atoms with Gasteiger partial charge in [-0.3, -0.25) is 13.9 Å². The molecule has 0 fully saturated rings. The van der Waals surface area contributed by atoms with Crippen molar-refractivity contribution in [3.05, 3.63) is 117 Å². The number of carbonyl (C=O) groups is 2. The van der Waals surface area contributed by atoms with Crippen LogP contribution < -0.4 is 19.1 Å². The second kappa shape index (κ2) is 17.1. The first-order valence-corrected chi connectivity index (χ1v) is 18.0. The van der Waals surface area contributed by atoms with Crippen molar-refractivity contribution < 1.29 is 27.5 Å². The zero-order valence-electron chi connectivity index (χ0n) is 27.5. The summed E-state index contributed by atoms with van der Waals surface area (Å²) in [6.07, 6.45) is 0.141. The fourth-order valence-electron chi connectivity index (χ4n) is 5.07. The van der Waals surface area contributed by atoms with E-state index < -0.39 is 34.4 Å². The molecule has 1 N–H and O–H groups in total. The standard InChI is InChI=1S/C36H38Cl3N3O6S/c1-24(2)21-40-36(44)32(19-25-9-6-5-7-10-25)41(22-29-30(38)11-8-12-31(29)39)35(43)23-42(27-15-13-26(37)14-16-27)49(45,46)28-17-18-33(47-3)34(20-28)48-4/h5-18,20,24,32H,19,21-23H2,1-4H3,(H,40,44). The van der Waals surface area contributed by atoms with Gasteiger partial charge in [0.15, 0.2) is 11.5 Å². The molecule has 0 aliphatic carbocycles. The second-order valence-corrected chi connectivity index (χ2v) is 14.7. The number of hydrogen-bond donors (Lipinski definition) is 1. The van der Waals surface area contributed by atoms with Crippen LogP contribution in [0.5, 0.6) is 11.5 Å². The van der Waals surface area contributed by atoms with E-state index in [1.807, 2.05) is 44.2 Å². The predicted molar refractivity (Wildman–Crippen MR) is 194 cm³/mol. The number of halogens is 3. The highest BCUT2D eigenvalue weighted by Gasteiger charge is 2.35. The van der Waals surface area contributed by atoms with Gasteiger partial charge in [-0.15, -0.1) is 0 Å². The third-order valence-electron chi connectivity index (χ3n) is 7.68. The molecule has 9 nitrogen and oxygen atoms in total. The lowest BCUT2D eigenvalue weighted by Crippen LogP contribution is -2.53. The van der Waals surface area contributed by atoms with Crippen LogP contribution in [0.25, 0.3) is 0 Å². The first-order chi connectivity index (χ1) is 23.3. The number of sulfonamides is 1. The first kappa shape index (κ1) is 37.9. The molecule has 13 heteroatoms. The van der Waals surface area contributed by atoms with Crippen molar-refractivity contribution in [2.24, 2.45) is 5.92 Å². The maximum atomic E-state index is 14.7. The predicted octanol–water partition coefficient (Wildman–Crippen LogP) is 7.27. The van der Waals surface area contributed by atoms with Gasteiger partial charge in [0.2, 0.25) is 11.8 Å². The molecule has 260 valence electrons. The van der Waals surface area contributed by atoms with E-state index in [2.05, 4.69) is 5.32 Å². The van der Waals surface area contributed by atoms with Gasteiger partial charge in [-0.25, -0.2) is 8.42 Å². The Labute approximate surface area is 302 Å². The van der Waals surface area contributed by atoms with Gasteiger partial charge in [0, 0.05) is 46.2 Å². The maximum absolute atomic E-state index is 14.7. The van der Waals surface area contributed by atoms with Crippen LogP contribution in [0.2, 0.25) is 15.1 Å². The van der Waals surface area contributed by atoms with Crippen LogP contribution in [0.4, 0.5) is 5.69 Å². The Balaban J connectivity index is 1.85. The fraction of sp³-hybridized carbons (Fsp3) is 0.278. The highest BCUT2D eigenvalue weighted by atomic mass is 35.5. The number of hydrogen-bond acceptors (Lipinski definition) is 6. The highest BCUT2D eigenvalue weighted by Crippen LogP contribution is 2.33. The number of amides is 2. The number of methoxy groups -OCH3 is 2. The number of anilines is 1. The molecule has 0 heterocycles. The molecule has 0 spiro atoms. The van der Waals surface area contributed by atoms with E-state index in [-0.39, 0.29) is 35.2 Å². The van der Waals surface area contributed by atoms with Crippen molar-refractivity contribution in [2.75, 3.05) is 31.6 Å². The summed E-state index contributed by atoms with van der Waals surface area (Å²) in [6, 6.07) is 23.3. The van der Waals surface area contributed by atoms with Gasteiger partial charge in [0.05, 0.1) is 24.8 Å². The summed E-state index contributed by atoms with van der Waals surface area (Å²) >= 11 is 19.3. The van der Waals surface area contributed by atoms with Gasteiger partial charge in [-0.1, -0.05) is 85.0 Å². The summed E-state index contributed by atoms with van der Waals surface area (Å²) < 4.78 is 40.4. The Bertz CT molecular complexity index is 1840. The van der Waals surface area contributed by atoms with E-state index >= 15 is 0 Å². The highest BCUT2D eigenvalue weighted by molar-refractivity contribution is 7.92. The summed E-state index contributed by atoms with van der Waals surface area (Å²) in [5, 5.41) is 3.91. The molecule has 0 saturated carbocycles. The molecular weight excluding hydrogens is 709 g/mol. The van der Waals surface area contributed by atoms with Crippen molar-refractivity contribution in [1.29, 1.82) is 0 Å². The largest absolute Gasteiger partial charge is 0.493 e. The van der Waals surface area contributed by atoms with Crippen molar-refractivity contribution in [2.45, 2.75) is 37.8 Å². The normalized spacial score (nSPS) is 11.9. The van der Waals surface area contributed by atoms with Crippen molar-refractivity contribution in [3.8, 4) is 11.5 Å². The molecule has 49 heavy (non-hydrogen) atoms. The van der Waals surface area contributed by atoms with Crippen LogP contribution in [0.1, 0.15) is 25.0 Å². The molecule has 0 saturated heterocycles. The molecule has 4 aromatic carbocycles. The molecule has 0 aliphatic rings. The number of carbonyl (C=O) groups excluding carboxylic acids is 2. The van der Waals surface area contributed by atoms with Crippen LogP contribution in [0.15, 0.2) is 95.9 Å². The average Bonchev–Trinajstić information content (AvgIpc) is 3.09. The third kappa shape index (κ3) is 9.60. The zero-order valence-corrected chi connectivity index (χ0v) is 30.6. The maximum Gasteiger partial charge on any atom is 0.264 e. The Morgan fingerprint density at radius 1 is 0.816 bits per heavy atom. The lowest BCUT2D eigenvalue weighted by Gasteiger charge is -2.34. The van der Waals surface area contributed by atoms with Crippen molar-refractivity contribution in [3.63, 3.8) is 0 Å². The zero-order chi connectivity index (χ0) is 35.7. The molecule has 0 radical (unpaired) electrons. The van der Waals surface area contributed by atoms with Crippen LogP contribution in [-0.2, 0) is 32.6 Å². The quantitative estimate of drug-likeness (QED) is 0.137. The van der Waals surface area contributed by atoms with Crippen LogP contribution in [0.3, 0.4) is 0 Å². The average molecular weight is 747 g/mol. The molecule has 0 bridgehead atoms. The fourth-order valence-corrected chi connectivity index (χ4v) is 7.14. The SMILES string of the molecule is COc1ccc(S(=O)(=O)N(CC(=O)N(Cc2c(Cl)cccc2Cl)C(Cc2ccccc2)C(=O)NCC(C)C)c2ccc(Cl)cc2)cc1OC. The monoisotopic (exact) mass is 745 g/mol. The van der Waals surface area contributed by atoms with Gasteiger partial charge in [0.25, 0.3) is 10.0 Å². The minimum absolute atomic E-state index is 0.135. The van der Waals surface area contributed by atoms with Gasteiger partial charge >= 0.3 is 0 Å². The summed E-state index contributed by atoms with van der Waals surface area (Å²) in [4.78, 5) is 29.8. The van der Waals surface area contributed by atoms with E-state index in [0.717, 1.165) is 9.87 Å². The molecule has 4 rings (SSSR count). The molecule has 1 atom stereocenters. The molecule has 2 amide bonds. The number of rotatable bonds is 15. The van der Waals surface area contributed by atoms with Gasteiger partial charge in [-0.2, -0.15) is 0 Å². The molecule has 0 aliphatic heterocycles. The van der Waals surface area contributed by atoms with Gasteiger partial charge < -0.3 is 19.7 Å². The first-order valence-electron chi connectivity index (χ1n) is 15.4. The second-order valence-electron chi connectivity index (χ2n) is 11.6. The molecule has 1 unspecified atom stereocenters. The van der Waals surface area contributed by atoms with Gasteiger partial charge in [0.1, 0.15) is 12.6 Å². The van der Waals surface area contributed by atoms with E-state index in [1.54, 1.807) is 18.2 Å². The van der Waals surface area contributed by atoms with E-state index in [1.165, 1.54) is 61.6 Å². The Hall–Kier alpha value is -3.96. The van der Waals surface area contributed by atoms with E-state index in [0.29, 0.717) is 32.9 Å². The van der Waals surface area contributed by atoms with E-state index in [9.17, 15) is 18.0 Å². The third-order valence-corrected chi connectivity index (χ3v) is 10.4. The van der Waals surface area contributed by atoms with Crippen molar-refractivity contribution in [1.82, 2.24) is 10.2 Å². The molecular formula is C36H38Cl3N3O6S. The lowest BCUT2D eigenvalue weighted by atomic mass is 10.0. The van der Waals surface area contributed by atoms with E-state index in [4.69, 9.17) is 44.3 Å². The number of nitrogens with zero attached hydrogens (tertiary/aromatic N) is 2. The Kier molecular flexibility index (Phi) is 13.2. The number of nitrogens with one attached hydrogen (secondary N) is 1. The number of benzene rings is 4. The summed E-state index contributed by atoms with van der Waals surface area (Å²) in [6.45, 7) is 3.44. The van der Waals surface area contributed by atoms with Gasteiger partial charge in [-0.05, 0) is 60.0 Å². The molecule has 0 aromatic heterocycles. The Morgan fingerprint density at radius 2 is 1.45 bits per heavy atom. The van der Waals surface area contributed by atoms with Crippen LogP contribution >= 0.6 is 34.8 Å². The topological polar surface area (TPSA) is 105 Å².